The SMILES string of the molecule is C[C@H]1O[C@H]1P(=O)([O-])O.NC(CO)(CO)CO. The Labute approximate surface area is 92.8 Å². The lowest BCUT2D eigenvalue weighted by atomic mass is 10.1. The maximum absolute atomic E-state index is 10.1. The van der Waals surface area contributed by atoms with Crippen molar-refractivity contribution in [3.05, 3.63) is 0 Å². The molecule has 98 valence electrons. The van der Waals surface area contributed by atoms with E-state index in [0.29, 0.717) is 0 Å². The third-order valence-corrected chi connectivity index (χ3v) is 3.13. The summed E-state index contributed by atoms with van der Waals surface area (Å²) in [5.74, 6) is -0.928. The number of aliphatic hydroxyl groups excluding tert-OH is 3. The fourth-order valence-corrected chi connectivity index (χ4v) is 1.54. The first-order chi connectivity index (χ1) is 7.20. The minimum absolute atomic E-state index is 0.316. The van der Waals surface area contributed by atoms with Crippen LogP contribution in [-0.2, 0) is 9.30 Å². The molecule has 1 aliphatic rings. The molecule has 16 heavy (non-hydrogen) atoms. The van der Waals surface area contributed by atoms with E-state index >= 15 is 0 Å². The molecule has 1 rings (SSSR count). The van der Waals surface area contributed by atoms with Crippen LogP contribution in [0.25, 0.3) is 0 Å². The lowest BCUT2D eigenvalue weighted by Crippen LogP contribution is -2.50. The van der Waals surface area contributed by atoms with Crippen LogP contribution in [0.3, 0.4) is 0 Å². The quantitative estimate of drug-likeness (QED) is 0.262. The van der Waals surface area contributed by atoms with E-state index in [1.807, 2.05) is 0 Å². The van der Waals surface area contributed by atoms with Gasteiger partial charge in [0.05, 0.1) is 31.5 Å². The van der Waals surface area contributed by atoms with E-state index in [1.165, 1.54) is 0 Å². The molecule has 1 unspecified atom stereocenters. The van der Waals surface area contributed by atoms with Gasteiger partial charge in [-0.3, -0.25) is 0 Å². The van der Waals surface area contributed by atoms with E-state index in [1.54, 1.807) is 6.92 Å². The predicted octanol–water partition coefficient (Wildman–Crippen LogP) is -3.06. The summed E-state index contributed by atoms with van der Waals surface area (Å²) in [5, 5.41) is 25.0. The van der Waals surface area contributed by atoms with E-state index in [2.05, 4.69) is 4.74 Å². The van der Waals surface area contributed by atoms with Gasteiger partial charge in [0.15, 0.2) is 7.60 Å². The van der Waals surface area contributed by atoms with Crippen LogP contribution in [0.15, 0.2) is 0 Å². The molecule has 1 fully saturated rings. The summed E-state index contributed by atoms with van der Waals surface area (Å²) in [7, 11) is -4.15. The molecule has 8 nitrogen and oxygen atoms in total. The molecule has 0 spiro atoms. The average Bonchev–Trinajstić information content (AvgIpc) is 2.95. The normalized spacial score (nSPS) is 27.7. The van der Waals surface area contributed by atoms with Gasteiger partial charge in [-0.1, -0.05) is 0 Å². The summed E-state index contributed by atoms with van der Waals surface area (Å²) in [6.45, 7) is 0.380. The zero-order valence-electron chi connectivity index (χ0n) is 8.81. The van der Waals surface area contributed by atoms with Crippen LogP contribution < -0.4 is 10.6 Å². The first-order valence-corrected chi connectivity index (χ1v) is 6.15. The molecule has 0 radical (unpaired) electrons. The van der Waals surface area contributed by atoms with Crippen LogP contribution in [0.2, 0.25) is 0 Å². The monoisotopic (exact) mass is 258 g/mol. The van der Waals surface area contributed by atoms with Crippen molar-refractivity contribution in [2.24, 2.45) is 5.73 Å². The van der Waals surface area contributed by atoms with Crippen molar-refractivity contribution in [1.29, 1.82) is 0 Å². The zero-order chi connectivity index (χ0) is 13.0. The van der Waals surface area contributed by atoms with Crippen LogP contribution in [-0.4, -0.2) is 57.5 Å². The molecule has 3 atom stereocenters. The Kier molecular flexibility index (Phi) is 6.02. The second-order valence-corrected chi connectivity index (χ2v) is 5.27. The van der Waals surface area contributed by atoms with E-state index in [4.69, 9.17) is 25.9 Å². The van der Waals surface area contributed by atoms with Crippen LogP contribution in [0.5, 0.6) is 0 Å². The van der Waals surface area contributed by atoms with Gasteiger partial charge in [-0.2, -0.15) is 0 Å². The van der Waals surface area contributed by atoms with Crippen molar-refractivity contribution in [2.75, 3.05) is 19.8 Å². The van der Waals surface area contributed by atoms with Crippen molar-refractivity contribution in [3.63, 3.8) is 0 Å². The Morgan fingerprint density at radius 3 is 1.69 bits per heavy atom. The lowest BCUT2D eigenvalue weighted by molar-refractivity contribution is -0.195. The summed E-state index contributed by atoms with van der Waals surface area (Å²) in [6.07, 6.45) is -0.316. The topological polar surface area (TPSA) is 160 Å². The van der Waals surface area contributed by atoms with Crippen molar-refractivity contribution in [1.82, 2.24) is 0 Å². The van der Waals surface area contributed by atoms with Gasteiger partial charge in [0.2, 0.25) is 0 Å². The fraction of sp³-hybridized carbons (Fsp3) is 1.00. The van der Waals surface area contributed by atoms with Gasteiger partial charge in [-0.15, -0.1) is 0 Å². The standard InChI is InChI=1S/C4H11NO3.C3H7O4P/c5-4(1-6,2-7)3-8;1-2-3(7-2)8(4,5)6/h6-8H,1-3,5H2;2-3H,1H3,(H2,4,5,6)/p-1/t;2-,3+/m.1/s1. The summed E-state index contributed by atoms with van der Waals surface area (Å²) >= 11 is 0. The smallest absolute Gasteiger partial charge is 0.163 e. The molecule has 0 amide bonds. The molecule has 0 saturated carbocycles. The second kappa shape index (κ2) is 6.04. The maximum atomic E-state index is 10.1. The second-order valence-electron chi connectivity index (χ2n) is 3.63. The summed E-state index contributed by atoms with van der Waals surface area (Å²) in [4.78, 5) is 18.3. The zero-order valence-corrected chi connectivity index (χ0v) is 9.71. The van der Waals surface area contributed by atoms with Crippen LogP contribution in [0, 0.1) is 0 Å². The number of aliphatic hydroxyl groups is 3. The molecule has 0 aromatic heterocycles. The predicted molar refractivity (Wildman–Crippen MR) is 52.3 cm³/mol. The van der Waals surface area contributed by atoms with Crippen molar-refractivity contribution in [2.45, 2.75) is 24.4 Å². The number of rotatable bonds is 4. The fourth-order valence-electron chi connectivity index (χ4n) is 0.667. The van der Waals surface area contributed by atoms with Crippen molar-refractivity contribution >= 4 is 7.60 Å². The highest BCUT2D eigenvalue weighted by Gasteiger charge is 2.42. The molecule has 6 N–H and O–H groups in total. The number of epoxide rings is 1. The Balaban J connectivity index is 0.000000281. The Bertz CT molecular complexity index is 243. The van der Waals surface area contributed by atoms with Gasteiger partial charge in [-0.25, -0.2) is 0 Å². The largest absolute Gasteiger partial charge is 0.777 e. The van der Waals surface area contributed by atoms with Crippen LogP contribution in [0.1, 0.15) is 6.92 Å². The molecule has 1 aliphatic heterocycles. The molecule has 1 saturated heterocycles. The molecular formula is C7H17NO7P-. The first kappa shape index (κ1) is 16.0. The van der Waals surface area contributed by atoms with Crippen LogP contribution >= 0.6 is 7.60 Å². The Morgan fingerprint density at radius 2 is 1.69 bits per heavy atom. The number of hydrogen-bond donors (Lipinski definition) is 5. The maximum Gasteiger partial charge on any atom is 0.163 e. The summed E-state index contributed by atoms with van der Waals surface area (Å²) in [6, 6.07) is 0. The Hall–Kier alpha value is -0.0500. The van der Waals surface area contributed by atoms with Gasteiger partial charge in [-0.05, 0) is 6.92 Å². The highest BCUT2D eigenvalue weighted by atomic mass is 31.2. The minimum Gasteiger partial charge on any atom is -0.777 e. The van der Waals surface area contributed by atoms with Gasteiger partial charge in [0.25, 0.3) is 0 Å². The van der Waals surface area contributed by atoms with Crippen molar-refractivity contribution < 1.29 is 34.4 Å². The number of hydrogen-bond acceptors (Lipinski definition) is 7. The van der Waals surface area contributed by atoms with Gasteiger partial charge in [0.1, 0.15) is 5.85 Å². The minimum atomic E-state index is -4.15. The first-order valence-electron chi connectivity index (χ1n) is 4.50. The third-order valence-electron chi connectivity index (χ3n) is 1.95. The molecule has 1 heterocycles. The van der Waals surface area contributed by atoms with E-state index in [-0.39, 0.29) is 6.10 Å². The third kappa shape index (κ3) is 5.33. The van der Waals surface area contributed by atoms with E-state index in [0.717, 1.165) is 0 Å². The van der Waals surface area contributed by atoms with Crippen LogP contribution in [0.4, 0.5) is 0 Å². The highest BCUT2D eigenvalue weighted by molar-refractivity contribution is 7.51. The molecule has 0 bridgehead atoms. The van der Waals surface area contributed by atoms with Gasteiger partial charge < -0.3 is 40.1 Å². The van der Waals surface area contributed by atoms with Gasteiger partial charge >= 0.3 is 0 Å². The highest BCUT2D eigenvalue weighted by Crippen LogP contribution is 2.49. The summed E-state index contributed by atoms with van der Waals surface area (Å²) in [5.41, 5.74) is 3.94. The van der Waals surface area contributed by atoms with Crippen molar-refractivity contribution in [3.8, 4) is 0 Å². The van der Waals surface area contributed by atoms with E-state index in [9.17, 15) is 9.46 Å². The van der Waals surface area contributed by atoms with E-state index < -0.39 is 38.8 Å². The number of nitrogens with two attached hydrogens (primary N) is 1. The molecule has 0 aromatic carbocycles. The number of ether oxygens (including phenoxy) is 1. The average molecular weight is 258 g/mol. The molecule has 0 aromatic rings. The molecule has 0 aliphatic carbocycles. The Morgan fingerprint density at radius 1 is 1.38 bits per heavy atom. The van der Waals surface area contributed by atoms with Gasteiger partial charge in [0, 0.05) is 0 Å². The molecular weight excluding hydrogens is 241 g/mol. The summed E-state index contributed by atoms with van der Waals surface area (Å²) < 4.78 is 14.5. The lowest BCUT2D eigenvalue weighted by Gasteiger charge is -2.20. The molecule has 9 heteroatoms.